The van der Waals surface area contributed by atoms with Crippen molar-refractivity contribution in [1.29, 1.82) is 0 Å². The number of anilines is 2. The molecule has 0 saturated heterocycles. The molecule has 0 fully saturated rings. The quantitative estimate of drug-likeness (QED) is 0.729. The Bertz CT molecular complexity index is 1040. The third kappa shape index (κ3) is 6.37. The largest absolute Gasteiger partial charge is 0.326 e. The van der Waals surface area contributed by atoms with Crippen molar-refractivity contribution >= 4 is 37.1 Å². The molecule has 7 nitrogen and oxygen atoms in total. The van der Waals surface area contributed by atoms with Crippen molar-refractivity contribution in [3.05, 3.63) is 53.6 Å². The molecule has 2 rings (SSSR count). The van der Waals surface area contributed by atoms with Crippen LogP contribution in [-0.2, 0) is 24.7 Å². The van der Waals surface area contributed by atoms with Crippen molar-refractivity contribution in [2.24, 2.45) is 0 Å². The summed E-state index contributed by atoms with van der Waals surface area (Å²) in [6.45, 7) is 3.59. The summed E-state index contributed by atoms with van der Waals surface area (Å²) in [4.78, 5) is 12.3. The van der Waals surface area contributed by atoms with Gasteiger partial charge in [0, 0.05) is 12.1 Å². The summed E-state index contributed by atoms with van der Waals surface area (Å²) in [6, 6.07) is 11.2. The first kappa shape index (κ1) is 20.9. The number of hydrogen-bond donors (Lipinski definition) is 2. The Balaban J connectivity index is 2.03. The zero-order valence-electron chi connectivity index (χ0n) is 15.3. The third-order valence-corrected chi connectivity index (χ3v) is 6.12. The molecule has 0 aliphatic carbocycles. The van der Waals surface area contributed by atoms with Crippen LogP contribution in [0.4, 0.5) is 11.4 Å². The molecule has 0 aromatic heterocycles. The maximum atomic E-state index is 12.3. The highest BCUT2D eigenvalue weighted by molar-refractivity contribution is 7.92. The highest BCUT2D eigenvalue weighted by Gasteiger charge is 2.16. The fourth-order valence-electron chi connectivity index (χ4n) is 2.32. The number of rotatable bonds is 7. The summed E-state index contributed by atoms with van der Waals surface area (Å²) < 4.78 is 49.7. The SMILES string of the molecule is Cc1ccc(S(=O)(=O)CCC(=O)Nc2ccc(C)c(NS(C)(=O)=O)c2)cc1. The van der Waals surface area contributed by atoms with Crippen molar-refractivity contribution in [1.82, 2.24) is 0 Å². The standard InChI is InChI=1S/C18H22N2O5S2/c1-13-4-8-16(9-5-13)27(24,25)11-10-18(21)19-15-7-6-14(2)17(12-15)20-26(3,22)23/h4-9,12,20H,10-11H2,1-3H3,(H,19,21). The van der Waals surface area contributed by atoms with E-state index in [1.807, 2.05) is 6.92 Å². The van der Waals surface area contributed by atoms with E-state index in [9.17, 15) is 21.6 Å². The van der Waals surface area contributed by atoms with Gasteiger partial charge in [-0.15, -0.1) is 0 Å². The molecular formula is C18H22N2O5S2. The lowest BCUT2D eigenvalue weighted by molar-refractivity contribution is -0.115. The first-order chi connectivity index (χ1) is 12.5. The van der Waals surface area contributed by atoms with E-state index in [1.165, 1.54) is 18.2 Å². The lowest BCUT2D eigenvalue weighted by atomic mass is 10.2. The summed E-state index contributed by atoms with van der Waals surface area (Å²) in [5.41, 5.74) is 2.37. The van der Waals surface area contributed by atoms with Crippen molar-refractivity contribution in [3.63, 3.8) is 0 Å². The summed E-state index contributed by atoms with van der Waals surface area (Å²) >= 11 is 0. The van der Waals surface area contributed by atoms with Crippen LogP contribution in [0.2, 0.25) is 0 Å². The van der Waals surface area contributed by atoms with Gasteiger partial charge in [-0.3, -0.25) is 9.52 Å². The molecule has 0 aliphatic heterocycles. The number of carbonyl (C=O) groups is 1. The Kier molecular flexibility index (Phi) is 6.27. The van der Waals surface area contributed by atoms with Gasteiger partial charge in [0.1, 0.15) is 0 Å². The summed E-state index contributed by atoms with van der Waals surface area (Å²) in [5.74, 6) is -0.790. The molecule has 9 heteroatoms. The maximum Gasteiger partial charge on any atom is 0.229 e. The number of hydrogen-bond acceptors (Lipinski definition) is 5. The molecule has 2 aromatic carbocycles. The van der Waals surface area contributed by atoms with Crippen LogP contribution in [0.5, 0.6) is 0 Å². The fourth-order valence-corrected chi connectivity index (χ4v) is 4.18. The molecule has 2 N–H and O–H groups in total. The molecule has 1 amide bonds. The molecule has 0 aliphatic rings. The Morgan fingerprint density at radius 1 is 0.963 bits per heavy atom. The maximum absolute atomic E-state index is 12.3. The smallest absolute Gasteiger partial charge is 0.229 e. The van der Waals surface area contributed by atoms with Gasteiger partial charge < -0.3 is 5.32 Å². The van der Waals surface area contributed by atoms with Gasteiger partial charge in [-0.1, -0.05) is 23.8 Å². The van der Waals surface area contributed by atoms with E-state index >= 15 is 0 Å². The van der Waals surface area contributed by atoms with Gasteiger partial charge >= 0.3 is 0 Å². The van der Waals surface area contributed by atoms with Crippen LogP contribution in [-0.4, -0.2) is 34.8 Å². The summed E-state index contributed by atoms with van der Waals surface area (Å²) in [6.07, 6.45) is 0.826. The Hall–Kier alpha value is -2.39. The summed E-state index contributed by atoms with van der Waals surface area (Å²) in [7, 11) is -7.01. The lowest BCUT2D eigenvalue weighted by Gasteiger charge is -2.11. The average Bonchev–Trinajstić information content (AvgIpc) is 2.55. The number of carbonyl (C=O) groups excluding carboxylic acids is 1. The zero-order valence-corrected chi connectivity index (χ0v) is 16.9. The first-order valence-electron chi connectivity index (χ1n) is 8.14. The van der Waals surface area contributed by atoms with Crippen LogP contribution in [0.3, 0.4) is 0 Å². The van der Waals surface area contributed by atoms with Gasteiger partial charge in [0.05, 0.1) is 22.6 Å². The number of sulfone groups is 1. The van der Waals surface area contributed by atoms with Crippen LogP contribution < -0.4 is 10.0 Å². The monoisotopic (exact) mass is 410 g/mol. The predicted octanol–water partition coefficient (Wildman–Crippen LogP) is 2.48. The number of amides is 1. The highest BCUT2D eigenvalue weighted by atomic mass is 32.2. The Morgan fingerprint density at radius 2 is 1.59 bits per heavy atom. The van der Waals surface area contributed by atoms with E-state index in [1.54, 1.807) is 31.2 Å². The zero-order chi connectivity index (χ0) is 20.2. The minimum atomic E-state index is -3.56. The minimum Gasteiger partial charge on any atom is -0.326 e. The molecule has 146 valence electrons. The van der Waals surface area contributed by atoms with Crippen molar-refractivity contribution in [2.75, 3.05) is 22.0 Å². The molecule has 2 aromatic rings. The van der Waals surface area contributed by atoms with E-state index in [0.29, 0.717) is 16.9 Å². The second-order valence-electron chi connectivity index (χ2n) is 6.33. The molecule has 0 unspecified atom stereocenters. The normalized spacial score (nSPS) is 11.8. The third-order valence-electron chi connectivity index (χ3n) is 3.79. The fraction of sp³-hybridized carbons (Fsp3) is 0.278. The topological polar surface area (TPSA) is 109 Å². The second kappa shape index (κ2) is 8.10. The van der Waals surface area contributed by atoms with Gasteiger partial charge in [0.25, 0.3) is 0 Å². The number of nitrogens with one attached hydrogen (secondary N) is 2. The van der Waals surface area contributed by atoms with Crippen LogP contribution in [0, 0.1) is 13.8 Å². The van der Waals surface area contributed by atoms with E-state index in [2.05, 4.69) is 10.0 Å². The van der Waals surface area contributed by atoms with Crippen LogP contribution >= 0.6 is 0 Å². The van der Waals surface area contributed by atoms with E-state index in [4.69, 9.17) is 0 Å². The van der Waals surface area contributed by atoms with Crippen molar-refractivity contribution < 1.29 is 21.6 Å². The van der Waals surface area contributed by atoms with Crippen molar-refractivity contribution in [2.45, 2.75) is 25.2 Å². The number of sulfonamides is 1. The van der Waals surface area contributed by atoms with E-state index in [-0.39, 0.29) is 17.1 Å². The first-order valence-corrected chi connectivity index (χ1v) is 11.7. The van der Waals surface area contributed by atoms with Crippen LogP contribution in [0.25, 0.3) is 0 Å². The number of benzene rings is 2. The average molecular weight is 411 g/mol. The molecule has 0 heterocycles. The van der Waals surface area contributed by atoms with Crippen LogP contribution in [0.15, 0.2) is 47.4 Å². The van der Waals surface area contributed by atoms with Gasteiger partial charge in [0.2, 0.25) is 15.9 Å². The van der Waals surface area contributed by atoms with E-state index < -0.39 is 25.8 Å². The second-order valence-corrected chi connectivity index (χ2v) is 10.2. The predicted molar refractivity (Wildman–Crippen MR) is 106 cm³/mol. The highest BCUT2D eigenvalue weighted by Crippen LogP contribution is 2.21. The summed E-state index contributed by atoms with van der Waals surface area (Å²) in [5, 5.41) is 2.59. The molecule has 0 bridgehead atoms. The van der Waals surface area contributed by atoms with E-state index in [0.717, 1.165) is 11.8 Å². The van der Waals surface area contributed by atoms with Crippen LogP contribution in [0.1, 0.15) is 17.5 Å². The minimum absolute atomic E-state index is 0.177. The van der Waals surface area contributed by atoms with Gasteiger partial charge in [-0.25, -0.2) is 16.8 Å². The van der Waals surface area contributed by atoms with Crippen molar-refractivity contribution in [3.8, 4) is 0 Å². The van der Waals surface area contributed by atoms with Gasteiger partial charge in [-0.05, 0) is 43.7 Å². The Morgan fingerprint density at radius 3 is 2.19 bits per heavy atom. The van der Waals surface area contributed by atoms with Gasteiger partial charge in [-0.2, -0.15) is 0 Å². The van der Waals surface area contributed by atoms with Gasteiger partial charge in [0.15, 0.2) is 9.84 Å². The number of aryl methyl sites for hydroxylation is 2. The molecular weight excluding hydrogens is 388 g/mol. The Labute approximate surface area is 159 Å². The lowest BCUT2D eigenvalue weighted by Crippen LogP contribution is -2.18. The molecule has 0 spiro atoms. The molecule has 0 atom stereocenters. The molecule has 0 saturated carbocycles. The molecule has 0 radical (unpaired) electrons. The molecule has 27 heavy (non-hydrogen) atoms.